The van der Waals surface area contributed by atoms with Crippen LogP contribution in [0.2, 0.25) is 19.6 Å². The molecule has 0 atom stereocenters. The molecule has 0 fully saturated rings. The molecule has 1 nitrogen and oxygen atoms in total. The minimum Gasteiger partial charge on any atom is -0.342 e. The smallest absolute Gasteiger partial charge is 0.342 e. The van der Waals surface area contributed by atoms with Gasteiger partial charge in [-0.25, -0.2) is 36.4 Å². The van der Waals surface area contributed by atoms with Gasteiger partial charge in [0.15, 0.2) is 0 Å². The van der Waals surface area contributed by atoms with Crippen LogP contribution in [0.15, 0.2) is 109 Å². The molecule has 0 spiro atoms. The summed E-state index contributed by atoms with van der Waals surface area (Å²) in [7, 11) is -3.76. The van der Waals surface area contributed by atoms with Crippen LogP contribution >= 0.6 is 7.14 Å². The van der Waals surface area contributed by atoms with Gasteiger partial charge in [-0.15, -0.1) is 10.6 Å². The quantitative estimate of drug-likeness (QED) is 0.186. The Morgan fingerprint density at radius 2 is 1.07 bits per heavy atom. The molecule has 0 aliphatic rings. The van der Waals surface area contributed by atoms with Crippen molar-refractivity contribution in [2.75, 3.05) is 5.79 Å². The van der Waals surface area contributed by atoms with E-state index < -0.39 is 15.2 Å². The molecule has 4 aromatic rings. The fourth-order valence-electron chi connectivity index (χ4n) is 2.85. The third-order valence-corrected chi connectivity index (χ3v) is 11.8. The fraction of sp³-hybridized carbons (Fsp3) is 0.167. The molecule has 4 aromatic carbocycles. The van der Waals surface area contributed by atoms with Gasteiger partial charge in [-0.3, -0.25) is 0 Å². The predicted octanol–water partition coefficient (Wildman–Crippen LogP) is 6.12. The van der Waals surface area contributed by atoms with E-state index in [0.717, 1.165) is 16.4 Å². The minimum atomic E-state index is -2.39. The molecular formula is C24H29Fe2OPSi. The topological polar surface area (TPSA) is 17.1 Å². The van der Waals surface area contributed by atoms with E-state index >= 15 is 0 Å². The molecule has 0 amide bonds. The zero-order valence-corrected chi connectivity index (χ0v) is 21.3. The second-order valence-electron chi connectivity index (χ2n) is 7.67. The SMILES string of the molecule is C[Si](C)(C)CP(=O)(c1cc[cH-]c1)c1cc[cH-]c1.[Fe+2].[Fe+2].c1cc[cH-]c1.c1cc[cH-]c1. The Hall–Kier alpha value is -1.11. The van der Waals surface area contributed by atoms with Crippen LogP contribution in [0.1, 0.15) is 0 Å². The van der Waals surface area contributed by atoms with E-state index in [1.807, 2.05) is 109 Å². The molecular weight excluding hydrogens is 475 g/mol. The van der Waals surface area contributed by atoms with Crippen molar-refractivity contribution in [3.05, 3.63) is 109 Å². The Bertz CT molecular complexity index is 757. The van der Waals surface area contributed by atoms with Gasteiger partial charge in [0.05, 0.1) is 8.07 Å². The van der Waals surface area contributed by atoms with Crippen LogP contribution < -0.4 is 10.6 Å². The summed E-state index contributed by atoms with van der Waals surface area (Å²) in [6.07, 6.45) is 0. The number of rotatable bonds is 4. The average Bonchev–Trinajstić information content (AvgIpc) is 3.48. The van der Waals surface area contributed by atoms with E-state index in [9.17, 15) is 4.57 Å². The number of hydrogen-bond donors (Lipinski definition) is 0. The molecule has 0 aromatic heterocycles. The van der Waals surface area contributed by atoms with Gasteiger partial charge in [0.25, 0.3) is 0 Å². The Morgan fingerprint density at radius 3 is 1.28 bits per heavy atom. The van der Waals surface area contributed by atoms with Gasteiger partial charge in [0.2, 0.25) is 0 Å². The molecule has 4 rings (SSSR count). The van der Waals surface area contributed by atoms with Crippen LogP contribution in [0.5, 0.6) is 0 Å². The van der Waals surface area contributed by atoms with Crippen LogP contribution in [-0.4, -0.2) is 13.9 Å². The first kappa shape index (κ1) is 27.9. The molecule has 156 valence electrons. The van der Waals surface area contributed by atoms with Crippen molar-refractivity contribution in [3.8, 4) is 0 Å². The molecule has 0 aliphatic carbocycles. The second-order valence-corrected chi connectivity index (χ2v) is 16.6. The maximum atomic E-state index is 13.4. The third kappa shape index (κ3) is 9.96. The Kier molecular flexibility index (Phi) is 13.5. The van der Waals surface area contributed by atoms with Gasteiger partial charge in [-0.2, -0.15) is 72.8 Å². The van der Waals surface area contributed by atoms with Crippen molar-refractivity contribution in [3.63, 3.8) is 0 Å². The molecule has 0 bridgehead atoms. The van der Waals surface area contributed by atoms with Gasteiger partial charge >= 0.3 is 34.1 Å². The third-order valence-electron chi connectivity index (χ3n) is 3.93. The summed E-state index contributed by atoms with van der Waals surface area (Å²) in [5.41, 5.74) is 0. The first-order chi connectivity index (χ1) is 12.9. The van der Waals surface area contributed by atoms with Crippen molar-refractivity contribution in [2.45, 2.75) is 19.6 Å². The summed E-state index contributed by atoms with van der Waals surface area (Å²) in [6, 6.07) is 36.0. The van der Waals surface area contributed by atoms with Crippen molar-refractivity contribution in [2.24, 2.45) is 0 Å². The van der Waals surface area contributed by atoms with Crippen molar-refractivity contribution < 1.29 is 38.7 Å². The van der Waals surface area contributed by atoms with Crippen molar-refractivity contribution in [1.82, 2.24) is 0 Å². The van der Waals surface area contributed by atoms with Crippen LogP contribution in [0, 0.1) is 0 Å². The summed E-state index contributed by atoms with van der Waals surface area (Å²) in [6.45, 7) is 6.85. The Balaban J connectivity index is 0.000000537. The van der Waals surface area contributed by atoms with Crippen molar-refractivity contribution >= 4 is 25.8 Å². The van der Waals surface area contributed by atoms with Gasteiger partial charge < -0.3 is 4.57 Å². The van der Waals surface area contributed by atoms with Crippen LogP contribution in [0.3, 0.4) is 0 Å². The standard InChI is InChI=1S/C14H19OPSi.2C5H5.2Fe/c1-17(2,3)12-16(15,13-8-4-5-9-13)14-10-6-7-11-14;2*1-2-4-5-3-1;;/h4-11H,12H2,1-3H3;2*1-5H;;/q-2;2*-1;2*+2. The molecule has 0 radical (unpaired) electrons. The zero-order chi connectivity index (χ0) is 19.6. The fourth-order valence-corrected chi connectivity index (χ4v) is 11.3. The normalized spacial score (nSPS) is 10.3. The van der Waals surface area contributed by atoms with E-state index in [1.54, 1.807) is 0 Å². The molecule has 29 heavy (non-hydrogen) atoms. The molecule has 0 unspecified atom stereocenters. The van der Waals surface area contributed by atoms with Gasteiger partial charge in [0.1, 0.15) is 0 Å². The monoisotopic (exact) mass is 504 g/mol. The summed E-state index contributed by atoms with van der Waals surface area (Å²) in [5, 5.41) is 2.04. The van der Waals surface area contributed by atoms with Crippen LogP contribution in [0.25, 0.3) is 0 Å². The molecule has 0 heterocycles. The van der Waals surface area contributed by atoms with E-state index in [-0.39, 0.29) is 34.1 Å². The van der Waals surface area contributed by atoms with E-state index in [2.05, 4.69) is 19.6 Å². The molecule has 5 heteroatoms. The molecule has 0 saturated carbocycles. The molecule has 0 aliphatic heterocycles. The van der Waals surface area contributed by atoms with Gasteiger partial charge in [-0.1, -0.05) is 19.6 Å². The predicted molar refractivity (Wildman–Crippen MR) is 123 cm³/mol. The summed E-state index contributed by atoms with van der Waals surface area (Å²) < 4.78 is 13.4. The average molecular weight is 504 g/mol. The minimum absolute atomic E-state index is 0. The Morgan fingerprint density at radius 1 is 0.690 bits per heavy atom. The van der Waals surface area contributed by atoms with E-state index in [0.29, 0.717) is 0 Å². The Labute approximate surface area is 198 Å². The van der Waals surface area contributed by atoms with Crippen molar-refractivity contribution in [1.29, 1.82) is 0 Å². The largest absolute Gasteiger partial charge is 2.00 e. The van der Waals surface area contributed by atoms with Gasteiger partial charge in [-0.05, 0) is 5.79 Å². The van der Waals surface area contributed by atoms with Gasteiger partial charge in [0, 0.05) is 7.14 Å². The zero-order valence-electron chi connectivity index (χ0n) is 17.2. The van der Waals surface area contributed by atoms with Crippen LogP contribution in [0.4, 0.5) is 0 Å². The maximum absolute atomic E-state index is 13.4. The molecule has 0 N–H and O–H groups in total. The van der Waals surface area contributed by atoms with E-state index in [1.165, 1.54) is 0 Å². The summed E-state index contributed by atoms with van der Waals surface area (Å²) >= 11 is 0. The number of hydrogen-bond acceptors (Lipinski definition) is 1. The van der Waals surface area contributed by atoms with E-state index in [4.69, 9.17) is 0 Å². The first-order valence-corrected chi connectivity index (χ1v) is 14.9. The molecule has 0 saturated heterocycles. The maximum Gasteiger partial charge on any atom is 2.00 e. The summed E-state index contributed by atoms with van der Waals surface area (Å²) in [5.74, 6) is 0.855. The summed E-state index contributed by atoms with van der Waals surface area (Å²) in [4.78, 5) is 0. The second kappa shape index (κ2) is 14.0. The van der Waals surface area contributed by atoms with Crippen LogP contribution in [-0.2, 0) is 38.7 Å². The first-order valence-electron chi connectivity index (χ1n) is 9.29.